The van der Waals surface area contributed by atoms with Gasteiger partial charge in [0.05, 0.1) is 25.4 Å². The maximum Gasteiger partial charge on any atom is 0.201 e. The lowest BCUT2D eigenvalue weighted by molar-refractivity contribution is 0.0973. The van der Waals surface area contributed by atoms with Gasteiger partial charge in [-0.25, -0.2) is 14.6 Å². The molecule has 5 aromatic rings. The number of rotatable bonds is 8. The fraction of sp³-hybridized carbons (Fsp3) is 0.200. The van der Waals surface area contributed by atoms with Crippen LogP contribution in [0.1, 0.15) is 23.3 Å². The number of ether oxygens (including phenoxy) is 2. The predicted molar refractivity (Wildman–Crippen MR) is 137 cm³/mol. The van der Waals surface area contributed by atoms with E-state index in [0.717, 1.165) is 5.56 Å². The molecule has 5 rings (SSSR count). The molecule has 11 heteroatoms. The summed E-state index contributed by atoms with van der Waals surface area (Å²) in [5, 5.41) is 8.37. The van der Waals surface area contributed by atoms with E-state index in [0.29, 0.717) is 68.4 Å². The molecule has 3 heterocycles. The van der Waals surface area contributed by atoms with E-state index in [-0.39, 0.29) is 12.2 Å². The number of ketones is 1. The number of Topliss-reactive ketones (excluding diaryl/α,β-unsaturated/α-hetero) is 1. The lowest BCUT2D eigenvalue weighted by atomic mass is 10.1. The van der Waals surface area contributed by atoms with Crippen LogP contribution < -0.4 is 15.2 Å². The summed E-state index contributed by atoms with van der Waals surface area (Å²) in [6.07, 6.45) is 0.786. The summed E-state index contributed by atoms with van der Waals surface area (Å²) >= 11 is 5.46. The van der Waals surface area contributed by atoms with Crippen LogP contribution in [-0.4, -0.2) is 44.9 Å². The molecule has 10 nitrogen and oxygen atoms in total. The summed E-state index contributed by atoms with van der Waals surface area (Å²) in [5.41, 5.74) is 10.2. The van der Waals surface area contributed by atoms with Crippen LogP contribution in [0, 0.1) is 4.77 Å². The van der Waals surface area contributed by atoms with Crippen molar-refractivity contribution in [2.24, 2.45) is 0 Å². The van der Waals surface area contributed by atoms with Gasteiger partial charge in [-0.3, -0.25) is 4.79 Å². The number of nitrogen functional groups attached to an aromatic ring is 1. The molecule has 0 bridgehead atoms. The number of benzene rings is 2. The topological polar surface area (TPSA) is 131 Å². The average Bonchev–Trinajstić information content (AvgIpc) is 3.38. The quantitative estimate of drug-likeness (QED) is 0.237. The Labute approximate surface area is 210 Å². The summed E-state index contributed by atoms with van der Waals surface area (Å²) in [4.78, 5) is 22.0. The third-order valence-electron chi connectivity index (χ3n) is 5.89. The molecular formula is C25H22N6O4S. The second-order valence-corrected chi connectivity index (χ2v) is 8.42. The van der Waals surface area contributed by atoms with Crippen LogP contribution in [0.4, 0.5) is 5.82 Å². The zero-order chi connectivity index (χ0) is 25.2. The van der Waals surface area contributed by atoms with E-state index in [2.05, 4.69) is 20.3 Å². The van der Waals surface area contributed by atoms with Gasteiger partial charge in [0.15, 0.2) is 17.3 Å². The minimum absolute atomic E-state index is 0.0775. The Morgan fingerprint density at radius 1 is 1.00 bits per heavy atom. The van der Waals surface area contributed by atoms with Crippen LogP contribution in [0.5, 0.6) is 11.5 Å². The van der Waals surface area contributed by atoms with Crippen molar-refractivity contribution in [1.29, 1.82) is 0 Å². The smallest absolute Gasteiger partial charge is 0.201 e. The van der Waals surface area contributed by atoms with Crippen molar-refractivity contribution < 1.29 is 18.9 Å². The van der Waals surface area contributed by atoms with Crippen molar-refractivity contribution in [2.75, 3.05) is 20.0 Å². The SMILES string of the molecule is COc1cc2nc(=S)n(CCCC(=O)c3cccc(-c4ccc5nonc5c4)n3)c(N)c2cc1OC. The maximum atomic E-state index is 12.9. The minimum atomic E-state index is -0.0775. The van der Waals surface area contributed by atoms with Crippen LogP contribution in [0.15, 0.2) is 53.2 Å². The third-order valence-corrected chi connectivity index (χ3v) is 6.20. The summed E-state index contributed by atoms with van der Waals surface area (Å²) in [7, 11) is 3.11. The van der Waals surface area contributed by atoms with E-state index in [1.165, 1.54) is 0 Å². The Morgan fingerprint density at radius 3 is 2.58 bits per heavy atom. The second-order valence-electron chi connectivity index (χ2n) is 8.06. The van der Waals surface area contributed by atoms with E-state index in [9.17, 15) is 4.79 Å². The zero-order valence-corrected chi connectivity index (χ0v) is 20.4. The largest absolute Gasteiger partial charge is 0.493 e. The zero-order valence-electron chi connectivity index (χ0n) is 19.6. The van der Waals surface area contributed by atoms with E-state index < -0.39 is 0 Å². The highest BCUT2D eigenvalue weighted by molar-refractivity contribution is 7.71. The third kappa shape index (κ3) is 4.36. The van der Waals surface area contributed by atoms with Crippen LogP contribution in [-0.2, 0) is 6.54 Å². The number of aromatic nitrogens is 5. The molecule has 2 aromatic carbocycles. The van der Waals surface area contributed by atoms with Gasteiger partial charge in [-0.05, 0) is 59.3 Å². The molecule has 0 fully saturated rings. The molecule has 0 aliphatic heterocycles. The molecule has 182 valence electrons. The highest BCUT2D eigenvalue weighted by atomic mass is 32.1. The highest BCUT2D eigenvalue weighted by Gasteiger charge is 2.14. The molecule has 0 radical (unpaired) electrons. The van der Waals surface area contributed by atoms with Gasteiger partial charge >= 0.3 is 0 Å². The number of anilines is 1. The molecule has 0 amide bonds. The summed E-state index contributed by atoms with van der Waals surface area (Å²) in [6, 6.07) is 14.4. The first kappa shape index (κ1) is 23.4. The van der Waals surface area contributed by atoms with Gasteiger partial charge in [-0.1, -0.05) is 12.1 Å². The van der Waals surface area contributed by atoms with Crippen LogP contribution in [0.3, 0.4) is 0 Å². The normalized spacial score (nSPS) is 11.2. The number of carbonyl (C=O) groups excluding carboxylic acids is 1. The molecule has 0 saturated carbocycles. The van der Waals surface area contributed by atoms with E-state index in [4.69, 9.17) is 32.1 Å². The standard InChI is InChI=1S/C25H22N6O4S/c1-33-22-12-15-19(13-23(22)34-2)28-25(36)31(24(15)26)10-4-7-21(32)18-6-3-5-16(27-18)14-8-9-17-20(11-14)30-35-29-17/h3,5-6,8-9,11-13H,4,7,10,26H2,1-2H3. The van der Waals surface area contributed by atoms with Crippen molar-refractivity contribution in [3.05, 3.63) is 59.0 Å². The number of hydrogen-bond donors (Lipinski definition) is 1. The molecule has 2 N–H and O–H groups in total. The van der Waals surface area contributed by atoms with E-state index in [1.54, 1.807) is 43.1 Å². The first-order chi connectivity index (χ1) is 17.5. The van der Waals surface area contributed by atoms with Crippen LogP contribution >= 0.6 is 12.2 Å². The number of carbonyl (C=O) groups is 1. The van der Waals surface area contributed by atoms with E-state index in [1.807, 2.05) is 24.3 Å². The van der Waals surface area contributed by atoms with Gasteiger partial charge < -0.3 is 19.8 Å². The second kappa shape index (κ2) is 9.70. The summed E-state index contributed by atoms with van der Waals surface area (Å²) < 4.78 is 17.5. The Balaban J connectivity index is 1.32. The Hall–Kier alpha value is -4.38. The summed E-state index contributed by atoms with van der Waals surface area (Å²) in [5.74, 6) is 1.46. The van der Waals surface area contributed by atoms with E-state index >= 15 is 0 Å². The molecular weight excluding hydrogens is 480 g/mol. The average molecular weight is 503 g/mol. The van der Waals surface area contributed by atoms with Crippen molar-refractivity contribution in [3.63, 3.8) is 0 Å². The Kier molecular flexibility index (Phi) is 6.30. The number of methoxy groups -OCH3 is 2. The van der Waals surface area contributed by atoms with Gasteiger partial charge in [-0.2, -0.15) is 0 Å². The number of nitrogens with zero attached hydrogens (tertiary/aromatic N) is 5. The fourth-order valence-electron chi connectivity index (χ4n) is 4.01. The van der Waals surface area contributed by atoms with Gasteiger partial charge in [0.2, 0.25) is 4.77 Å². The molecule has 0 aliphatic rings. The van der Waals surface area contributed by atoms with Crippen molar-refractivity contribution in [2.45, 2.75) is 19.4 Å². The van der Waals surface area contributed by atoms with Gasteiger partial charge in [0.1, 0.15) is 22.5 Å². The number of hydrogen-bond acceptors (Lipinski definition) is 10. The Bertz CT molecular complexity index is 1660. The van der Waals surface area contributed by atoms with Crippen LogP contribution in [0.25, 0.3) is 33.2 Å². The lowest BCUT2D eigenvalue weighted by Gasteiger charge is -2.15. The molecule has 0 aliphatic carbocycles. The molecule has 0 saturated heterocycles. The molecule has 0 atom stereocenters. The van der Waals surface area contributed by atoms with Gasteiger partial charge in [-0.15, -0.1) is 0 Å². The van der Waals surface area contributed by atoms with Gasteiger partial charge in [0.25, 0.3) is 0 Å². The van der Waals surface area contributed by atoms with Crippen molar-refractivity contribution in [1.82, 2.24) is 24.8 Å². The number of nitrogens with two attached hydrogens (primary N) is 1. The maximum absolute atomic E-state index is 12.9. The van der Waals surface area contributed by atoms with Crippen molar-refractivity contribution >= 4 is 45.8 Å². The summed E-state index contributed by atoms with van der Waals surface area (Å²) in [6.45, 7) is 0.434. The van der Waals surface area contributed by atoms with Gasteiger partial charge in [0, 0.05) is 30.0 Å². The number of fused-ring (bicyclic) bond motifs is 2. The highest BCUT2D eigenvalue weighted by Crippen LogP contribution is 2.33. The number of pyridine rings is 1. The molecule has 3 aromatic heterocycles. The first-order valence-electron chi connectivity index (χ1n) is 11.1. The predicted octanol–water partition coefficient (Wildman–Crippen LogP) is 4.63. The minimum Gasteiger partial charge on any atom is -0.493 e. The monoisotopic (exact) mass is 502 g/mol. The Morgan fingerprint density at radius 2 is 1.78 bits per heavy atom. The molecule has 0 unspecified atom stereocenters. The van der Waals surface area contributed by atoms with Crippen molar-refractivity contribution in [3.8, 4) is 22.8 Å². The molecule has 36 heavy (non-hydrogen) atoms. The fourth-order valence-corrected chi connectivity index (χ4v) is 4.30. The molecule has 0 spiro atoms. The van der Waals surface area contributed by atoms with Crippen LogP contribution in [0.2, 0.25) is 0 Å². The first-order valence-corrected chi connectivity index (χ1v) is 11.5. The lowest BCUT2D eigenvalue weighted by Crippen LogP contribution is -2.11.